The molecule has 2 rings (SSSR count). The largest absolute Gasteiger partial charge is 0.493 e. The summed E-state index contributed by atoms with van der Waals surface area (Å²) in [6, 6.07) is 15.8. The van der Waals surface area contributed by atoms with Crippen molar-refractivity contribution in [2.75, 3.05) is 47.9 Å². The number of aliphatic hydroxyl groups is 1. The summed E-state index contributed by atoms with van der Waals surface area (Å²) in [6.45, 7) is 2.95. The molecule has 0 unspecified atom stereocenters. The fourth-order valence-electron chi connectivity index (χ4n) is 2.94. The first-order valence-electron chi connectivity index (χ1n) is 9.35. The smallest absolute Gasteiger partial charge is 0.161 e. The van der Waals surface area contributed by atoms with Crippen LogP contribution in [0.15, 0.2) is 48.5 Å². The second-order valence-electron chi connectivity index (χ2n) is 7.11. The minimum absolute atomic E-state index is 0.502. The Morgan fingerprint density at radius 1 is 1.00 bits per heavy atom. The van der Waals surface area contributed by atoms with Crippen LogP contribution in [-0.2, 0) is 6.54 Å². The molecule has 0 bridgehead atoms. The molecule has 0 spiro atoms. The highest BCUT2D eigenvalue weighted by molar-refractivity contribution is 5.43. The SMILES string of the molecule is COc1cc(CN(C)C[C@@H](O)c2ccccc2)ccc1OCCCN(C)C. The van der Waals surface area contributed by atoms with Gasteiger partial charge in [-0.15, -0.1) is 0 Å². The molecule has 5 heteroatoms. The number of benzene rings is 2. The van der Waals surface area contributed by atoms with E-state index in [1.165, 1.54) is 0 Å². The molecule has 5 nitrogen and oxygen atoms in total. The van der Waals surface area contributed by atoms with Gasteiger partial charge in [-0.25, -0.2) is 0 Å². The zero-order valence-corrected chi connectivity index (χ0v) is 16.9. The molecule has 0 saturated heterocycles. The van der Waals surface area contributed by atoms with Crippen LogP contribution in [0.2, 0.25) is 0 Å². The summed E-state index contributed by atoms with van der Waals surface area (Å²) in [6.07, 6.45) is 0.468. The van der Waals surface area contributed by atoms with Gasteiger partial charge in [0.2, 0.25) is 0 Å². The summed E-state index contributed by atoms with van der Waals surface area (Å²) >= 11 is 0. The highest BCUT2D eigenvalue weighted by atomic mass is 16.5. The van der Waals surface area contributed by atoms with Gasteiger partial charge in [0.15, 0.2) is 11.5 Å². The van der Waals surface area contributed by atoms with E-state index in [0.29, 0.717) is 13.2 Å². The lowest BCUT2D eigenvalue weighted by atomic mass is 10.1. The number of hydrogen-bond donors (Lipinski definition) is 1. The summed E-state index contributed by atoms with van der Waals surface area (Å²) in [5, 5.41) is 10.4. The molecule has 0 radical (unpaired) electrons. The maximum atomic E-state index is 10.4. The molecule has 148 valence electrons. The van der Waals surface area contributed by atoms with Crippen molar-refractivity contribution in [2.24, 2.45) is 0 Å². The van der Waals surface area contributed by atoms with Crippen molar-refractivity contribution in [1.29, 1.82) is 0 Å². The Labute approximate surface area is 163 Å². The Morgan fingerprint density at radius 2 is 1.74 bits per heavy atom. The van der Waals surface area contributed by atoms with Gasteiger partial charge < -0.3 is 19.5 Å². The van der Waals surface area contributed by atoms with Crippen molar-refractivity contribution in [1.82, 2.24) is 9.80 Å². The third-order valence-corrected chi connectivity index (χ3v) is 4.36. The predicted octanol–water partition coefficient (Wildman–Crippen LogP) is 3.19. The molecule has 0 aliphatic rings. The molecular formula is C22H32N2O3. The van der Waals surface area contributed by atoms with Crippen molar-refractivity contribution >= 4 is 0 Å². The summed E-state index contributed by atoms with van der Waals surface area (Å²) in [5.41, 5.74) is 2.05. The van der Waals surface area contributed by atoms with E-state index in [1.807, 2.05) is 49.5 Å². The predicted molar refractivity (Wildman–Crippen MR) is 109 cm³/mol. The first-order chi connectivity index (χ1) is 13.0. The Bertz CT molecular complexity index is 677. The number of likely N-dealkylation sites (N-methyl/N-ethyl adjacent to an activating group) is 1. The summed E-state index contributed by atoms with van der Waals surface area (Å²) < 4.78 is 11.3. The van der Waals surface area contributed by atoms with Crippen molar-refractivity contribution in [3.05, 3.63) is 59.7 Å². The van der Waals surface area contributed by atoms with E-state index in [2.05, 4.69) is 30.0 Å². The molecule has 0 heterocycles. The summed E-state index contributed by atoms with van der Waals surface area (Å²) in [5.74, 6) is 1.52. The molecule has 1 atom stereocenters. The van der Waals surface area contributed by atoms with Crippen LogP contribution >= 0.6 is 0 Å². The molecule has 0 fully saturated rings. The van der Waals surface area contributed by atoms with E-state index in [0.717, 1.165) is 42.1 Å². The number of ether oxygens (including phenoxy) is 2. The molecule has 0 aliphatic carbocycles. The first kappa shape index (κ1) is 21.2. The highest BCUT2D eigenvalue weighted by Crippen LogP contribution is 2.29. The standard InChI is InChI=1S/C22H32N2O3/c1-23(2)13-8-14-27-21-12-11-18(15-22(21)26-4)16-24(3)17-20(25)19-9-6-5-7-10-19/h5-7,9-12,15,20,25H,8,13-14,16-17H2,1-4H3/t20-/m1/s1. The quantitative estimate of drug-likeness (QED) is 0.614. The average Bonchev–Trinajstić information content (AvgIpc) is 2.66. The van der Waals surface area contributed by atoms with Gasteiger partial charge in [0.1, 0.15) is 0 Å². The van der Waals surface area contributed by atoms with E-state index < -0.39 is 6.10 Å². The van der Waals surface area contributed by atoms with Crippen LogP contribution in [0.5, 0.6) is 11.5 Å². The monoisotopic (exact) mass is 372 g/mol. The number of nitrogens with zero attached hydrogens (tertiary/aromatic N) is 2. The Kier molecular flexibility index (Phi) is 8.58. The lowest BCUT2D eigenvalue weighted by Crippen LogP contribution is -2.24. The van der Waals surface area contributed by atoms with Crippen molar-refractivity contribution in [3.63, 3.8) is 0 Å². The maximum Gasteiger partial charge on any atom is 0.161 e. The van der Waals surface area contributed by atoms with Crippen molar-refractivity contribution in [3.8, 4) is 11.5 Å². The zero-order chi connectivity index (χ0) is 19.6. The second kappa shape index (κ2) is 10.9. The van der Waals surface area contributed by atoms with Gasteiger partial charge in [-0.2, -0.15) is 0 Å². The molecule has 0 aliphatic heterocycles. The second-order valence-corrected chi connectivity index (χ2v) is 7.11. The molecule has 0 aromatic heterocycles. The van der Waals surface area contributed by atoms with E-state index in [4.69, 9.17) is 9.47 Å². The zero-order valence-electron chi connectivity index (χ0n) is 16.9. The number of hydrogen-bond acceptors (Lipinski definition) is 5. The third-order valence-electron chi connectivity index (χ3n) is 4.36. The van der Waals surface area contributed by atoms with Crippen LogP contribution in [0, 0.1) is 0 Å². The highest BCUT2D eigenvalue weighted by Gasteiger charge is 2.12. The number of rotatable bonds is 11. The van der Waals surface area contributed by atoms with Crippen molar-refractivity contribution in [2.45, 2.75) is 19.1 Å². The van der Waals surface area contributed by atoms with E-state index in [-0.39, 0.29) is 0 Å². The van der Waals surface area contributed by atoms with Crippen LogP contribution in [-0.4, -0.2) is 62.9 Å². The van der Waals surface area contributed by atoms with Gasteiger partial charge >= 0.3 is 0 Å². The van der Waals surface area contributed by atoms with Gasteiger partial charge in [-0.3, -0.25) is 4.90 Å². The molecule has 0 saturated carbocycles. The Hall–Kier alpha value is -2.08. The maximum absolute atomic E-state index is 10.4. The van der Waals surface area contributed by atoms with E-state index in [1.54, 1.807) is 7.11 Å². The lowest BCUT2D eigenvalue weighted by molar-refractivity contribution is 0.124. The van der Waals surface area contributed by atoms with Crippen LogP contribution in [0.25, 0.3) is 0 Å². The Balaban J connectivity index is 1.90. The molecular weight excluding hydrogens is 340 g/mol. The van der Waals surface area contributed by atoms with Crippen LogP contribution < -0.4 is 9.47 Å². The van der Waals surface area contributed by atoms with Crippen LogP contribution in [0.1, 0.15) is 23.7 Å². The average molecular weight is 373 g/mol. The molecule has 2 aromatic carbocycles. The van der Waals surface area contributed by atoms with Crippen LogP contribution in [0.4, 0.5) is 0 Å². The number of aliphatic hydroxyl groups excluding tert-OH is 1. The van der Waals surface area contributed by atoms with Gasteiger partial charge in [0.05, 0.1) is 19.8 Å². The molecule has 0 amide bonds. The van der Waals surface area contributed by atoms with E-state index in [9.17, 15) is 5.11 Å². The number of methoxy groups -OCH3 is 1. The third kappa shape index (κ3) is 7.21. The van der Waals surface area contributed by atoms with E-state index >= 15 is 0 Å². The summed E-state index contributed by atoms with van der Waals surface area (Å²) in [4.78, 5) is 4.24. The minimum Gasteiger partial charge on any atom is -0.493 e. The van der Waals surface area contributed by atoms with Gasteiger partial charge in [-0.1, -0.05) is 36.4 Å². The normalized spacial score (nSPS) is 12.4. The molecule has 27 heavy (non-hydrogen) atoms. The lowest BCUT2D eigenvalue weighted by Gasteiger charge is -2.21. The van der Waals surface area contributed by atoms with Crippen LogP contribution in [0.3, 0.4) is 0 Å². The fourth-order valence-corrected chi connectivity index (χ4v) is 2.94. The van der Waals surface area contributed by atoms with Gasteiger partial charge in [0.25, 0.3) is 0 Å². The Morgan fingerprint density at radius 3 is 2.41 bits per heavy atom. The fraction of sp³-hybridized carbons (Fsp3) is 0.455. The van der Waals surface area contributed by atoms with Gasteiger partial charge in [0, 0.05) is 19.6 Å². The first-order valence-corrected chi connectivity index (χ1v) is 9.35. The molecule has 2 aromatic rings. The van der Waals surface area contributed by atoms with Crippen molar-refractivity contribution < 1.29 is 14.6 Å². The molecule has 1 N–H and O–H groups in total. The van der Waals surface area contributed by atoms with Gasteiger partial charge in [-0.05, 0) is 50.8 Å². The topological polar surface area (TPSA) is 45.2 Å². The summed E-state index contributed by atoms with van der Waals surface area (Å²) in [7, 11) is 7.78. The minimum atomic E-state index is -0.502.